The van der Waals surface area contributed by atoms with E-state index in [9.17, 15) is 13.6 Å². The molecule has 1 unspecified atom stereocenters. The van der Waals surface area contributed by atoms with Crippen molar-refractivity contribution in [2.45, 2.75) is 32.6 Å². The predicted molar refractivity (Wildman–Crippen MR) is 108 cm³/mol. The summed E-state index contributed by atoms with van der Waals surface area (Å²) in [6.45, 7) is 4.10. The highest BCUT2D eigenvalue weighted by molar-refractivity contribution is 5.92. The Hall–Kier alpha value is -3.62. The summed E-state index contributed by atoms with van der Waals surface area (Å²) in [7, 11) is 0. The summed E-state index contributed by atoms with van der Waals surface area (Å²) in [6.07, 6.45) is 1.21. The zero-order valence-electron chi connectivity index (χ0n) is 16.5. The van der Waals surface area contributed by atoms with Crippen LogP contribution in [0.15, 0.2) is 54.9 Å². The third kappa shape index (κ3) is 3.91. The van der Waals surface area contributed by atoms with Gasteiger partial charge < -0.3 is 5.32 Å². The first kappa shape index (κ1) is 19.7. The molecule has 2 aromatic heterocycles. The number of aromatic nitrogens is 5. The zero-order chi connectivity index (χ0) is 21.3. The normalized spacial score (nSPS) is 12.4. The van der Waals surface area contributed by atoms with E-state index in [2.05, 4.69) is 34.5 Å². The van der Waals surface area contributed by atoms with Gasteiger partial charge in [-0.3, -0.25) is 9.48 Å². The molecule has 7 nitrogen and oxygen atoms in total. The predicted octanol–water partition coefficient (Wildman–Crippen LogP) is 4.05. The number of benzene rings is 2. The number of alkyl halides is 1. The van der Waals surface area contributed by atoms with Crippen LogP contribution in [-0.2, 0) is 11.2 Å². The summed E-state index contributed by atoms with van der Waals surface area (Å²) in [4.78, 5) is 13.1. The first-order valence-electron chi connectivity index (χ1n) is 9.48. The summed E-state index contributed by atoms with van der Waals surface area (Å²) in [5.41, 5.74) is 1.63. The van der Waals surface area contributed by atoms with Crippen LogP contribution in [0.5, 0.6) is 0 Å². The van der Waals surface area contributed by atoms with Crippen molar-refractivity contribution in [2.75, 3.05) is 5.32 Å². The number of anilines is 1. The highest BCUT2D eigenvalue weighted by atomic mass is 19.1. The number of fused-ring (bicyclic) bond motifs is 1. The zero-order valence-corrected chi connectivity index (χ0v) is 16.5. The van der Waals surface area contributed by atoms with Crippen LogP contribution >= 0.6 is 0 Å². The Morgan fingerprint density at radius 1 is 1.13 bits per heavy atom. The lowest BCUT2D eigenvalue weighted by Crippen LogP contribution is -2.16. The number of halogens is 2. The molecule has 0 saturated carbocycles. The van der Waals surface area contributed by atoms with Gasteiger partial charge >= 0.3 is 0 Å². The van der Waals surface area contributed by atoms with Crippen molar-refractivity contribution in [3.63, 3.8) is 0 Å². The Labute approximate surface area is 171 Å². The number of nitrogens with one attached hydrogen (secondary N) is 1. The topological polar surface area (TPSA) is 77.6 Å². The lowest BCUT2D eigenvalue weighted by atomic mass is 10.1. The highest BCUT2D eigenvalue weighted by Crippen LogP contribution is 2.22. The molecule has 0 aliphatic carbocycles. The van der Waals surface area contributed by atoms with Gasteiger partial charge in [-0.05, 0) is 37.6 Å². The van der Waals surface area contributed by atoms with Crippen LogP contribution in [0.1, 0.15) is 37.3 Å². The van der Waals surface area contributed by atoms with Gasteiger partial charge in [0.15, 0.2) is 5.82 Å². The van der Waals surface area contributed by atoms with E-state index in [0.717, 1.165) is 27.3 Å². The van der Waals surface area contributed by atoms with Crippen molar-refractivity contribution in [1.82, 2.24) is 24.8 Å². The van der Waals surface area contributed by atoms with E-state index in [0.29, 0.717) is 0 Å². The van der Waals surface area contributed by atoms with E-state index >= 15 is 0 Å². The van der Waals surface area contributed by atoms with Gasteiger partial charge in [0, 0.05) is 17.0 Å². The largest absolute Gasteiger partial charge is 0.308 e. The first-order chi connectivity index (χ1) is 14.4. The fraction of sp³-hybridized carbons (Fsp3) is 0.238. The number of hydrogen-bond donors (Lipinski definition) is 1. The fourth-order valence-electron chi connectivity index (χ4n) is 3.23. The highest BCUT2D eigenvalue weighted by Gasteiger charge is 2.19. The van der Waals surface area contributed by atoms with Crippen LogP contribution in [-0.4, -0.2) is 30.7 Å². The SMILES string of the molecule is CC(C)n1ncc2cc(CC(=O)Nc3cnn(C(F)c4ccccc4F)n3)ccc21. The molecule has 0 radical (unpaired) electrons. The van der Waals surface area contributed by atoms with Crippen LogP contribution in [0.3, 0.4) is 0 Å². The van der Waals surface area contributed by atoms with Crippen LogP contribution < -0.4 is 5.32 Å². The van der Waals surface area contributed by atoms with Crippen molar-refractivity contribution < 1.29 is 13.6 Å². The van der Waals surface area contributed by atoms with E-state index in [1.807, 2.05) is 22.9 Å². The quantitative estimate of drug-likeness (QED) is 0.520. The molecular formula is C21H20F2N6O. The van der Waals surface area contributed by atoms with Gasteiger partial charge in [0.2, 0.25) is 12.2 Å². The lowest BCUT2D eigenvalue weighted by Gasteiger charge is -2.08. The van der Waals surface area contributed by atoms with Crippen LogP contribution in [0.4, 0.5) is 14.6 Å². The summed E-state index contributed by atoms with van der Waals surface area (Å²) >= 11 is 0. The molecule has 0 saturated heterocycles. The molecule has 2 aromatic carbocycles. The fourth-order valence-corrected chi connectivity index (χ4v) is 3.23. The first-order valence-corrected chi connectivity index (χ1v) is 9.48. The molecule has 154 valence electrons. The van der Waals surface area contributed by atoms with Gasteiger partial charge in [0.1, 0.15) is 5.82 Å². The van der Waals surface area contributed by atoms with Crippen molar-refractivity contribution >= 4 is 22.6 Å². The summed E-state index contributed by atoms with van der Waals surface area (Å²) in [5.74, 6) is -0.921. The number of carbonyl (C=O) groups excluding carboxylic acids is 1. The van der Waals surface area contributed by atoms with Crippen molar-refractivity contribution in [3.05, 3.63) is 71.8 Å². The maximum atomic E-state index is 14.5. The second-order valence-corrected chi connectivity index (χ2v) is 7.21. The minimum atomic E-state index is -1.89. The van der Waals surface area contributed by atoms with Crippen LogP contribution in [0, 0.1) is 5.82 Å². The summed E-state index contributed by atoms with van der Waals surface area (Å²) in [6, 6.07) is 11.4. The molecule has 30 heavy (non-hydrogen) atoms. The Balaban J connectivity index is 1.43. The van der Waals surface area contributed by atoms with Crippen LogP contribution in [0.25, 0.3) is 10.9 Å². The summed E-state index contributed by atoms with van der Waals surface area (Å²) in [5, 5.41) is 15.6. The average Bonchev–Trinajstić information content (AvgIpc) is 3.34. The van der Waals surface area contributed by atoms with Gasteiger partial charge in [-0.15, -0.1) is 9.90 Å². The Bertz CT molecular complexity index is 1200. The van der Waals surface area contributed by atoms with Crippen molar-refractivity contribution in [1.29, 1.82) is 0 Å². The Morgan fingerprint density at radius 3 is 2.70 bits per heavy atom. The molecule has 9 heteroatoms. The summed E-state index contributed by atoms with van der Waals surface area (Å²) < 4.78 is 30.2. The second-order valence-electron chi connectivity index (χ2n) is 7.21. The average molecular weight is 410 g/mol. The number of amides is 1. The van der Waals surface area contributed by atoms with Crippen LogP contribution in [0.2, 0.25) is 0 Å². The maximum absolute atomic E-state index is 14.5. The molecule has 0 bridgehead atoms. The number of nitrogens with zero attached hydrogens (tertiary/aromatic N) is 5. The second kappa shape index (κ2) is 8.02. The third-order valence-corrected chi connectivity index (χ3v) is 4.65. The third-order valence-electron chi connectivity index (χ3n) is 4.65. The van der Waals surface area contributed by atoms with E-state index in [1.165, 1.54) is 24.4 Å². The van der Waals surface area contributed by atoms with E-state index in [1.54, 1.807) is 6.20 Å². The van der Waals surface area contributed by atoms with Crippen molar-refractivity contribution in [2.24, 2.45) is 0 Å². The lowest BCUT2D eigenvalue weighted by molar-refractivity contribution is -0.115. The molecule has 4 rings (SSSR count). The van der Waals surface area contributed by atoms with Crippen molar-refractivity contribution in [3.8, 4) is 0 Å². The van der Waals surface area contributed by atoms with E-state index < -0.39 is 12.1 Å². The van der Waals surface area contributed by atoms with Gasteiger partial charge in [-0.2, -0.15) is 10.2 Å². The molecule has 0 spiro atoms. The molecule has 2 heterocycles. The number of carbonyl (C=O) groups is 1. The van der Waals surface area contributed by atoms with Gasteiger partial charge in [-0.25, -0.2) is 8.78 Å². The van der Waals surface area contributed by atoms with Gasteiger partial charge in [0.05, 0.1) is 24.3 Å². The molecular weight excluding hydrogens is 390 g/mol. The molecule has 0 fully saturated rings. The molecule has 4 aromatic rings. The Morgan fingerprint density at radius 2 is 1.93 bits per heavy atom. The number of hydrogen-bond acceptors (Lipinski definition) is 4. The molecule has 0 aliphatic heterocycles. The van der Waals surface area contributed by atoms with Gasteiger partial charge in [0.25, 0.3) is 0 Å². The van der Waals surface area contributed by atoms with E-state index in [-0.39, 0.29) is 29.8 Å². The molecule has 1 N–H and O–H groups in total. The standard InChI is InChI=1S/C21H20F2N6O/c1-13(2)28-18-8-7-14(9-15(18)11-24-28)10-20(30)26-19-12-25-29(27-19)21(23)16-5-3-4-6-17(16)22/h3-9,11-13,21H,10H2,1-2H3,(H,26,27,30). The van der Waals surface area contributed by atoms with E-state index in [4.69, 9.17) is 0 Å². The minimum Gasteiger partial charge on any atom is -0.308 e. The van der Waals surface area contributed by atoms with Gasteiger partial charge in [-0.1, -0.05) is 24.3 Å². The Kier molecular flexibility index (Phi) is 5.26. The molecule has 1 atom stereocenters. The number of rotatable bonds is 6. The molecule has 0 aliphatic rings. The maximum Gasteiger partial charge on any atom is 0.238 e. The monoisotopic (exact) mass is 410 g/mol. The minimum absolute atomic E-state index is 0.0905. The smallest absolute Gasteiger partial charge is 0.238 e. The molecule has 1 amide bonds.